The van der Waals surface area contributed by atoms with Crippen molar-refractivity contribution in [2.75, 3.05) is 13.7 Å². The highest BCUT2D eigenvalue weighted by Crippen LogP contribution is 2.19. The Morgan fingerprint density at radius 1 is 1.19 bits per heavy atom. The van der Waals surface area contributed by atoms with E-state index in [0.29, 0.717) is 0 Å². The third-order valence-corrected chi connectivity index (χ3v) is 3.44. The molecule has 0 heterocycles. The van der Waals surface area contributed by atoms with E-state index in [9.17, 15) is 9.59 Å². The number of rotatable bonds is 6. The Morgan fingerprint density at radius 3 is 2.57 bits per heavy atom. The second-order valence-corrected chi connectivity index (χ2v) is 5.03. The molecule has 0 bridgehead atoms. The van der Waals surface area contributed by atoms with Crippen LogP contribution >= 0.6 is 0 Å². The molecule has 1 amide bonds. The van der Waals surface area contributed by atoms with Gasteiger partial charge in [0.05, 0.1) is 13.7 Å². The topological polar surface area (TPSA) is 76.7 Å². The second kappa shape index (κ2) is 7.64. The molecule has 1 aliphatic carbocycles. The zero-order valence-corrected chi connectivity index (χ0v) is 12.0. The molecule has 1 saturated carbocycles. The normalized spacial score (nSPS) is 20.2. The summed E-state index contributed by atoms with van der Waals surface area (Å²) in [7, 11) is 1.36. The molecule has 0 atom stereocenters. The van der Waals surface area contributed by atoms with E-state index in [0.717, 1.165) is 18.4 Å². The molecular formula is C15H20N2O4. The van der Waals surface area contributed by atoms with Crippen molar-refractivity contribution in [1.29, 1.82) is 0 Å². The minimum absolute atomic E-state index is 0.100. The van der Waals surface area contributed by atoms with Crippen molar-refractivity contribution in [3.63, 3.8) is 0 Å². The summed E-state index contributed by atoms with van der Waals surface area (Å²) in [5.41, 5.74) is 0.957. The van der Waals surface area contributed by atoms with Gasteiger partial charge in [-0.15, -0.1) is 0 Å². The van der Waals surface area contributed by atoms with Gasteiger partial charge in [0.1, 0.15) is 6.61 Å². The minimum atomic E-state index is -0.407. The Morgan fingerprint density at radius 2 is 1.90 bits per heavy atom. The van der Waals surface area contributed by atoms with E-state index in [1.54, 1.807) is 0 Å². The number of carbonyl (C=O) groups excluding carboxylic acids is 2. The first-order valence-corrected chi connectivity index (χ1v) is 6.95. The van der Waals surface area contributed by atoms with Crippen molar-refractivity contribution in [3.05, 3.63) is 35.9 Å². The lowest BCUT2D eigenvalue weighted by molar-refractivity contribution is -0.139. The first kappa shape index (κ1) is 15.3. The van der Waals surface area contributed by atoms with Crippen molar-refractivity contribution in [2.24, 2.45) is 0 Å². The van der Waals surface area contributed by atoms with Crippen LogP contribution in [0.25, 0.3) is 0 Å². The Hall–Kier alpha value is -2.08. The monoisotopic (exact) mass is 292 g/mol. The largest absolute Gasteiger partial charge is 0.468 e. The summed E-state index contributed by atoms with van der Waals surface area (Å²) in [6.45, 7) is 0.468. The highest BCUT2D eigenvalue weighted by atomic mass is 16.5. The van der Waals surface area contributed by atoms with Crippen LogP contribution in [0.2, 0.25) is 0 Å². The molecule has 0 aliphatic heterocycles. The number of carbonyl (C=O) groups is 2. The minimum Gasteiger partial charge on any atom is -0.468 e. The summed E-state index contributed by atoms with van der Waals surface area (Å²) in [6.07, 6.45) is 1.17. The SMILES string of the molecule is COC(=O)CNC1CC(NC(=O)OCc2ccccc2)C1. The van der Waals surface area contributed by atoms with Crippen LogP contribution in [-0.2, 0) is 20.9 Å². The molecule has 6 heteroatoms. The van der Waals surface area contributed by atoms with E-state index in [4.69, 9.17) is 4.74 Å². The summed E-state index contributed by atoms with van der Waals surface area (Å²) in [5, 5.41) is 5.87. The fraction of sp³-hybridized carbons (Fsp3) is 0.467. The number of alkyl carbamates (subject to hydrolysis) is 1. The molecule has 1 aliphatic rings. The van der Waals surface area contributed by atoms with E-state index in [1.807, 2.05) is 30.3 Å². The molecule has 1 aromatic rings. The molecule has 1 fully saturated rings. The second-order valence-electron chi connectivity index (χ2n) is 5.03. The smallest absolute Gasteiger partial charge is 0.407 e. The van der Waals surface area contributed by atoms with E-state index >= 15 is 0 Å². The van der Waals surface area contributed by atoms with Gasteiger partial charge in [-0.2, -0.15) is 0 Å². The number of methoxy groups -OCH3 is 1. The van der Waals surface area contributed by atoms with E-state index in [1.165, 1.54) is 7.11 Å². The number of nitrogens with one attached hydrogen (secondary N) is 2. The van der Waals surface area contributed by atoms with Crippen LogP contribution in [0.1, 0.15) is 18.4 Å². The van der Waals surface area contributed by atoms with Crippen molar-refractivity contribution in [2.45, 2.75) is 31.5 Å². The molecule has 2 rings (SSSR count). The van der Waals surface area contributed by atoms with Gasteiger partial charge in [-0.1, -0.05) is 30.3 Å². The molecule has 0 aromatic heterocycles. The van der Waals surface area contributed by atoms with Gasteiger partial charge in [0, 0.05) is 12.1 Å². The summed E-state index contributed by atoms with van der Waals surface area (Å²) in [6, 6.07) is 9.87. The molecule has 21 heavy (non-hydrogen) atoms. The zero-order chi connectivity index (χ0) is 15.1. The quantitative estimate of drug-likeness (QED) is 0.771. The lowest BCUT2D eigenvalue weighted by atomic mass is 9.87. The van der Waals surface area contributed by atoms with E-state index < -0.39 is 6.09 Å². The van der Waals surface area contributed by atoms with Crippen LogP contribution in [0, 0.1) is 0 Å². The maximum absolute atomic E-state index is 11.6. The first-order valence-electron chi connectivity index (χ1n) is 6.95. The Bertz CT molecular complexity index is 472. The third-order valence-electron chi connectivity index (χ3n) is 3.44. The highest BCUT2D eigenvalue weighted by Gasteiger charge is 2.30. The zero-order valence-electron chi connectivity index (χ0n) is 12.0. The van der Waals surface area contributed by atoms with E-state index in [-0.39, 0.29) is 31.2 Å². The van der Waals surface area contributed by atoms with Crippen molar-refractivity contribution < 1.29 is 19.1 Å². The molecule has 0 radical (unpaired) electrons. The molecule has 0 saturated heterocycles. The number of ether oxygens (including phenoxy) is 2. The number of hydrogen-bond donors (Lipinski definition) is 2. The van der Waals surface area contributed by atoms with Crippen molar-refractivity contribution in [3.8, 4) is 0 Å². The lowest BCUT2D eigenvalue weighted by Gasteiger charge is -2.35. The van der Waals surface area contributed by atoms with Crippen LogP contribution in [0.5, 0.6) is 0 Å². The Kier molecular flexibility index (Phi) is 5.57. The average molecular weight is 292 g/mol. The molecule has 6 nitrogen and oxygen atoms in total. The number of amides is 1. The predicted molar refractivity (Wildman–Crippen MR) is 76.6 cm³/mol. The van der Waals surface area contributed by atoms with Gasteiger partial charge in [-0.3, -0.25) is 4.79 Å². The van der Waals surface area contributed by atoms with Crippen molar-refractivity contribution in [1.82, 2.24) is 10.6 Å². The van der Waals surface area contributed by atoms with Crippen LogP contribution in [0.15, 0.2) is 30.3 Å². The third kappa shape index (κ3) is 5.07. The van der Waals surface area contributed by atoms with Gasteiger partial charge >= 0.3 is 12.1 Å². The van der Waals surface area contributed by atoms with Gasteiger partial charge in [0.25, 0.3) is 0 Å². The first-order chi connectivity index (χ1) is 10.2. The van der Waals surface area contributed by atoms with Gasteiger partial charge in [0.2, 0.25) is 0 Å². The summed E-state index contributed by atoms with van der Waals surface area (Å²) in [4.78, 5) is 22.6. The summed E-state index contributed by atoms with van der Waals surface area (Å²) < 4.78 is 9.68. The van der Waals surface area contributed by atoms with Gasteiger partial charge in [-0.25, -0.2) is 4.79 Å². The van der Waals surface area contributed by atoms with Gasteiger partial charge in [0.15, 0.2) is 0 Å². The number of esters is 1. The van der Waals surface area contributed by atoms with Crippen LogP contribution in [0.3, 0.4) is 0 Å². The van der Waals surface area contributed by atoms with Crippen LogP contribution in [-0.4, -0.2) is 37.8 Å². The highest BCUT2D eigenvalue weighted by molar-refractivity contribution is 5.71. The van der Waals surface area contributed by atoms with Gasteiger partial charge in [-0.05, 0) is 18.4 Å². The Labute approximate surface area is 123 Å². The van der Waals surface area contributed by atoms with Crippen LogP contribution in [0.4, 0.5) is 4.79 Å². The average Bonchev–Trinajstić information content (AvgIpc) is 2.48. The summed E-state index contributed by atoms with van der Waals surface area (Å²) >= 11 is 0. The molecular weight excluding hydrogens is 272 g/mol. The molecule has 0 unspecified atom stereocenters. The molecule has 2 N–H and O–H groups in total. The number of hydrogen-bond acceptors (Lipinski definition) is 5. The standard InChI is InChI=1S/C15H20N2O4/c1-20-14(18)9-16-12-7-13(8-12)17-15(19)21-10-11-5-3-2-4-6-11/h2-6,12-13,16H,7-10H2,1H3,(H,17,19). The van der Waals surface area contributed by atoms with E-state index in [2.05, 4.69) is 15.4 Å². The van der Waals surface area contributed by atoms with Gasteiger partial charge < -0.3 is 20.1 Å². The lowest BCUT2D eigenvalue weighted by Crippen LogP contribution is -2.53. The molecule has 0 spiro atoms. The maximum atomic E-state index is 11.6. The predicted octanol–water partition coefficient (Wildman–Crippen LogP) is 1.21. The fourth-order valence-corrected chi connectivity index (χ4v) is 2.13. The van der Waals surface area contributed by atoms with Crippen LogP contribution < -0.4 is 10.6 Å². The Balaban J connectivity index is 1.57. The molecule has 1 aromatic carbocycles. The van der Waals surface area contributed by atoms with Crippen molar-refractivity contribution >= 4 is 12.1 Å². The maximum Gasteiger partial charge on any atom is 0.407 e. The fourth-order valence-electron chi connectivity index (χ4n) is 2.13. The molecule has 114 valence electrons. The summed E-state index contributed by atoms with van der Waals surface area (Å²) in [5.74, 6) is -0.284. The number of benzene rings is 1.